The van der Waals surface area contributed by atoms with E-state index in [9.17, 15) is 14.4 Å². The van der Waals surface area contributed by atoms with E-state index in [1.165, 1.54) is 17.8 Å². The predicted octanol–water partition coefficient (Wildman–Crippen LogP) is 6.64. The lowest BCUT2D eigenvalue weighted by atomic mass is 10.1. The first-order valence-corrected chi connectivity index (χ1v) is 14.7. The van der Waals surface area contributed by atoms with E-state index in [-0.39, 0.29) is 11.6 Å². The van der Waals surface area contributed by atoms with E-state index in [4.69, 9.17) is 21.1 Å². The second-order valence-electron chi connectivity index (χ2n) is 9.49. The number of hydrogen-bond acceptors (Lipinski definition) is 6. The highest BCUT2D eigenvalue weighted by Gasteiger charge is 2.18. The zero-order valence-electron chi connectivity index (χ0n) is 23.1. The van der Waals surface area contributed by atoms with Crippen LogP contribution in [-0.4, -0.2) is 36.2 Å². The van der Waals surface area contributed by atoms with Gasteiger partial charge in [-0.05, 0) is 73.2 Å². The lowest BCUT2D eigenvalue weighted by molar-refractivity contribution is -0.115. The van der Waals surface area contributed by atoms with Crippen LogP contribution in [0, 0.1) is 0 Å². The molecule has 8 nitrogen and oxygen atoms in total. The molecule has 0 fully saturated rings. The Kier molecular flexibility index (Phi) is 9.66. The second-order valence-corrected chi connectivity index (χ2v) is 11.3. The molecule has 0 aromatic heterocycles. The first-order valence-electron chi connectivity index (χ1n) is 13.5. The molecule has 0 saturated carbocycles. The molecule has 1 aliphatic heterocycles. The molecule has 1 heterocycles. The van der Waals surface area contributed by atoms with E-state index in [0.717, 1.165) is 4.90 Å². The number of nitrogens with one attached hydrogen (secondary N) is 3. The third kappa shape index (κ3) is 7.97. The van der Waals surface area contributed by atoms with Crippen molar-refractivity contribution >= 4 is 58.5 Å². The summed E-state index contributed by atoms with van der Waals surface area (Å²) in [4.78, 5) is 39.8. The molecule has 218 valence electrons. The summed E-state index contributed by atoms with van der Waals surface area (Å²) in [6.07, 6.45) is 1.53. The summed E-state index contributed by atoms with van der Waals surface area (Å²) < 4.78 is 11.1. The predicted molar refractivity (Wildman–Crippen MR) is 170 cm³/mol. The van der Waals surface area contributed by atoms with Gasteiger partial charge in [0.15, 0.2) is 11.5 Å². The van der Waals surface area contributed by atoms with Crippen molar-refractivity contribution in [3.8, 4) is 11.5 Å². The molecule has 4 aromatic carbocycles. The summed E-state index contributed by atoms with van der Waals surface area (Å²) in [6, 6.07) is 28.0. The molecule has 10 heteroatoms. The van der Waals surface area contributed by atoms with Crippen LogP contribution in [-0.2, 0) is 9.59 Å². The summed E-state index contributed by atoms with van der Waals surface area (Å²) in [7, 11) is 0. The van der Waals surface area contributed by atoms with Gasteiger partial charge in [0.05, 0.1) is 5.25 Å². The van der Waals surface area contributed by atoms with E-state index in [1.54, 1.807) is 84.9 Å². The van der Waals surface area contributed by atoms with Gasteiger partial charge in [0.1, 0.15) is 18.9 Å². The molecule has 3 N–H and O–H groups in total. The fourth-order valence-corrected chi connectivity index (χ4v) is 5.19. The van der Waals surface area contributed by atoms with E-state index in [0.29, 0.717) is 52.2 Å². The lowest BCUT2D eigenvalue weighted by Gasteiger charge is -2.19. The number of amides is 3. The van der Waals surface area contributed by atoms with E-state index >= 15 is 0 Å². The van der Waals surface area contributed by atoms with Crippen molar-refractivity contribution in [2.75, 3.05) is 23.8 Å². The number of rotatable bonds is 9. The number of hydrogen-bond donors (Lipinski definition) is 3. The van der Waals surface area contributed by atoms with Crippen LogP contribution in [0.2, 0.25) is 5.02 Å². The van der Waals surface area contributed by atoms with Gasteiger partial charge in [-0.15, -0.1) is 11.8 Å². The van der Waals surface area contributed by atoms with E-state index < -0.39 is 17.1 Å². The van der Waals surface area contributed by atoms with Crippen LogP contribution < -0.4 is 25.4 Å². The van der Waals surface area contributed by atoms with Crippen LogP contribution >= 0.6 is 23.4 Å². The Balaban J connectivity index is 1.23. The fraction of sp³-hybridized carbons (Fsp3) is 0.121. The Labute approximate surface area is 258 Å². The molecule has 0 radical (unpaired) electrons. The molecule has 1 aliphatic rings. The number of anilines is 2. The highest BCUT2D eigenvalue weighted by atomic mass is 35.5. The Bertz CT molecular complexity index is 1660. The molecule has 4 aromatic rings. The smallest absolute Gasteiger partial charge is 0.272 e. The minimum atomic E-state index is -0.517. The number of benzene rings is 4. The Hall–Kier alpha value is -4.73. The van der Waals surface area contributed by atoms with E-state index in [1.807, 2.05) is 19.1 Å². The fourth-order valence-electron chi connectivity index (χ4n) is 4.13. The van der Waals surface area contributed by atoms with Crippen molar-refractivity contribution in [2.45, 2.75) is 17.1 Å². The van der Waals surface area contributed by atoms with Gasteiger partial charge in [-0.1, -0.05) is 48.0 Å². The number of halogens is 1. The second kappa shape index (κ2) is 14.0. The number of carbonyl (C=O) groups is 3. The zero-order chi connectivity index (χ0) is 30.2. The summed E-state index contributed by atoms with van der Waals surface area (Å²) >= 11 is 7.69. The molecule has 1 atom stereocenters. The van der Waals surface area contributed by atoms with Crippen molar-refractivity contribution in [3.05, 3.63) is 119 Å². The highest BCUT2D eigenvalue weighted by Crippen LogP contribution is 2.33. The third-order valence-electron chi connectivity index (χ3n) is 6.34. The molecule has 0 aliphatic carbocycles. The van der Waals surface area contributed by atoms with Gasteiger partial charge >= 0.3 is 0 Å². The maximum absolute atomic E-state index is 13.3. The molecular formula is C33H28ClN3O5S. The third-order valence-corrected chi connectivity index (χ3v) is 7.79. The number of ether oxygens (including phenoxy) is 2. The maximum atomic E-state index is 13.3. The SMILES string of the molecule is CC(Sc1ccc(NC(=O)/C(=C/c2ccccc2Cl)NC(=O)c2ccccc2)cc1)C(=O)Nc1ccc2c(c1)OCCO2. The Morgan fingerprint density at radius 1 is 0.814 bits per heavy atom. The van der Waals surface area contributed by atoms with Crippen molar-refractivity contribution in [2.24, 2.45) is 0 Å². The lowest BCUT2D eigenvalue weighted by Crippen LogP contribution is -2.30. The van der Waals surface area contributed by atoms with Gasteiger partial charge in [-0.3, -0.25) is 14.4 Å². The van der Waals surface area contributed by atoms with Gasteiger partial charge in [-0.2, -0.15) is 0 Å². The molecular weight excluding hydrogens is 586 g/mol. The number of fused-ring (bicyclic) bond motifs is 1. The minimum absolute atomic E-state index is 0.0323. The van der Waals surface area contributed by atoms with Crippen molar-refractivity contribution < 1.29 is 23.9 Å². The van der Waals surface area contributed by atoms with Crippen LogP contribution in [0.15, 0.2) is 108 Å². The number of thioether (sulfide) groups is 1. The molecule has 3 amide bonds. The monoisotopic (exact) mass is 613 g/mol. The van der Waals surface area contributed by atoms with Gasteiger partial charge in [0, 0.05) is 32.9 Å². The number of carbonyl (C=O) groups excluding carboxylic acids is 3. The van der Waals surface area contributed by atoms with Gasteiger partial charge in [-0.25, -0.2) is 0 Å². The molecule has 1 unspecified atom stereocenters. The van der Waals surface area contributed by atoms with Crippen molar-refractivity contribution in [3.63, 3.8) is 0 Å². The van der Waals surface area contributed by atoms with Crippen LogP contribution in [0.1, 0.15) is 22.8 Å². The zero-order valence-corrected chi connectivity index (χ0v) is 24.7. The van der Waals surface area contributed by atoms with Crippen LogP contribution in [0.25, 0.3) is 6.08 Å². The Morgan fingerprint density at radius 2 is 1.49 bits per heavy atom. The quantitative estimate of drug-likeness (QED) is 0.144. The molecule has 0 bridgehead atoms. The standard InChI is InChI=1S/C33H28ClN3O5S/c1-21(31(38)36-25-13-16-29-30(20-25)42-18-17-41-29)43-26-14-11-24(12-15-26)35-33(40)28(19-23-9-5-6-10-27(23)34)37-32(39)22-7-3-2-4-8-22/h2-16,19-21H,17-18H2,1H3,(H,35,40)(H,36,38)(H,37,39)/b28-19-. The van der Waals surface area contributed by atoms with Gasteiger partial charge in [0.2, 0.25) is 5.91 Å². The highest BCUT2D eigenvalue weighted by molar-refractivity contribution is 8.00. The van der Waals surface area contributed by atoms with Gasteiger partial charge < -0.3 is 25.4 Å². The van der Waals surface area contributed by atoms with Gasteiger partial charge in [0.25, 0.3) is 11.8 Å². The van der Waals surface area contributed by atoms with E-state index in [2.05, 4.69) is 16.0 Å². The maximum Gasteiger partial charge on any atom is 0.272 e. The summed E-state index contributed by atoms with van der Waals surface area (Å²) in [5.74, 6) is 0.152. The van der Waals surface area contributed by atoms with Crippen LogP contribution in [0.4, 0.5) is 11.4 Å². The molecule has 0 saturated heterocycles. The average Bonchev–Trinajstić information content (AvgIpc) is 3.03. The minimum Gasteiger partial charge on any atom is -0.486 e. The topological polar surface area (TPSA) is 106 Å². The molecule has 0 spiro atoms. The van der Waals surface area contributed by atoms with Crippen molar-refractivity contribution in [1.29, 1.82) is 0 Å². The Morgan fingerprint density at radius 3 is 2.23 bits per heavy atom. The summed E-state index contributed by atoms with van der Waals surface area (Å²) in [5, 5.41) is 8.48. The summed E-state index contributed by atoms with van der Waals surface area (Å²) in [6.45, 7) is 2.78. The van der Waals surface area contributed by atoms with Crippen LogP contribution in [0.5, 0.6) is 11.5 Å². The molecule has 5 rings (SSSR count). The first kappa shape index (κ1) is 29.8. The van der Waals surface area contributed by atoms with Crippen molar-refractivity contribution in [1.82, 2.24) is 5.32 Å². The largest absolute Gasteiger partial charge is 0.486 e. The normalized spacial score (nSPS) is 13.0. The van der Waals surface area contributed by atoms with Crippen LogP contribution in [0.3, 0.4) is 0 Å². The average molecular weight is 614 g/mol. The molecule has 43 heavy (non-hydrogen) atoms. The summed E-state index contributed by atoms with van der Waals surface area (Å²) in [5.41, 5.74) is 2.16. The first-order chi connectivity index (χ1) is 20.9.